The Hall–Kier alpha value is -1.59. The van der Waals surface area contributed by atoms with E-state index in [0.29, 0.717) is 6.54 Å². The predicted molar refractivity (Wildman–Crippen MR) is 85.7 cm³/mol. The maximum atomic E-state index is 12.3. The minimum atomic E-state index is -0.308. The Morgan fingerprint density at radius 2 is 2.27 bits per heavy atom. The Bertz CT molecular complexity index is 504. The molecule has 0 spiro atoms. The molecule has 2 rings (SSSR count). The molecule has 0 saturated carbocycles. The van der Waals surface area contributed by atoms with Crippen molar-refractivity contribution in [3.63, 3.8) is 0 Å². The molecule has 1 heterocycles. The highest BCUT2D eigenvalue weighted by molar-refractivity contribution is 5.81. The van der Waals surface area contributed by atoms with E-state index in [4.69, 9.17) is 4.74 Å². The van der Waals surface area contributed by atoms with E-state index in [2.05, 4.69) is 10.2 Å². The number of carbonyl (C=O) groups is 1. The molecule has 3 atom stereocenters. The molecule has 1 aliphatic rings. The molecular formula is C17H26N2O3. The lowest BCUT2D eigenvalue weighted by atomic mass is 10.0. The number of hydrogen-bond donors (Lipinski definition) is 2. The molecule has 0 aliphatic carbocycles. The van der Waals surface area contributed by atoms with Gasteiger partial charge in [-0.2, -0.15) is 0 Å². The molecule has 1 fully saturated rings. The van der Waals surface area contributed by atoms with Gasteiger partial charge in [0.05, 0.1) is 19.3 Å². The Morgan fingerprint density at radius 3 is 2.91 bits per heavy atom. The third kappa shape index (κ3) is 4.21. The second-order valence-corrected chi connectivity index (χ2v) is 6.03. The average molecular weight is 306 g/mol. The van der Waals surface area contributed by atoms with Gasteiger partial charge in [0.25, 0.3) is 0 Å². The number of nitrogens with zero attached hydrogens (tertiary/aromatic N) is 1. The lowest BCUT2D eigenvalue weighted by Gasteiger charge is -2.24. The van der Waals surface area contributed by atoms with Gasteiger partial charge in [0.2, 0.25) is 5.91 Å². The van der Waals surface area contributed by atoms with Crippen molar-refractivity contribution in [3.05, 3.63) is 29.8 Å². The van der Waals surface area contributed by atoms with Crippen LogP contribution in [0.15, 0.2) is 24.3 Å². The van der Waals surface area contributed by atoms with Gasteiger partial charge in [0, 0.05) is 13.1 Å². The first-order chi connectivity index (χ1) is 10.5. The molecule has 5 heteroatoms. The second-order valence-electron chi connectivity index (χ2n) is 6.03. The van der Waals surface area contributed by atoms with Crippen LogP contribution in [0, 0.1) is 5.92 Å². The van der Waals surface area contributed by atoms with Crippen molar-refractivity contribution >= 4 is 5.91 Å². The third-order valence-corrected chi connectivity index (χ3v) is 4.47. The van der Waals surface area contributed by atoms with Crippen LogP contribution in [-0.2, 0) is 11.3 Å². The monoisotopic (exact) mass is 306 g/mol. The molecule has 122 valence electrons. The first-order valence-corrected chi connectivity index (χ1v) is 7.84. The van der Waals surface area contributed by atoms with Crippen LogP contribution in [0.25, 0.3) is 0 Å². The summed E-state index contributed by atoms with van der Waals surface area (Å²) in [6.45, 7) is 5.88. The molecular weight excluding hydrogens is 280 g/mol. The number of nitrogens with one attached hydrogen (secondary N) is 1. The number of amides is 1. The van der Waals surface area contributed by atoms with Gasteiger partial charge in [-0.25, -0.2) is 0 Å². The minimum absolute atomic E-state index is 0.0223. The van der Waals surface area contributed by atoms with Gasteiger partial charge in [-0.1, -0.05) is 12.1 Å². The van der Waals surface area contributed by atoms with E-state index >= 15 is 0 Å². The summed E-state index contributed by atoms with van der Waals surface area (Å²) in [4.78, 5) is 14.4. The zero-order valence-corrected chi connectivity index (χ0v) is 13.6. The number of benzene rings is 1. The van der Waals surface area contributed by atoms with Gasteiger partial charge >= 0.3 is 0 Å². The largest absolute Gasteiger partial charge is 0.497 e. The zero-order valence-electron chi connectivity index (χ0n) is 13.6. The number of aliphatic hydroxyl groups excluding tert-OH is 1. The quantitative estimate of drug-likeness (QED) is 0.834. The topological polar surface area (TPSA) is 61.8 Å². The van der Waals surface area contributed by atoms with Gasteiger partial charge in [-0.05, 0) is 50.4 Å². The molecule has 1 saturated heterocycles. The molecule has 5 nitrogen and oxygen atoms in total. The van der Waals surface area contributed by atoms with E-state index in [1.807, 2.05) is 38.1 Å². The normalized spacial score (nSPS) is 21.4. The summed E-state index contributed by atoms with van der Waals surface area (Å²) in [7, 11) is 1.63. The molecule has 1 aliphatic heterocycles. The third-order valence-electron chi connectivity index (χ3n) is 4.47. The van der Waals surface area contributed by atoms with Gasteiger partial charge < -0.3 is 15.2 Å². The summed E-state index contributed by atoms with van der Waals surface area (Å²) in [5, 5.41) is 12.6. The second kappa shape index (κ2) is 7.61. The molecule has 2 N–H and O–H groups in total. The van der Waals surface area contributed by atoms with E-state index in [9.17, 15) is 9.90 Å². The van der Waals surface area contributed by atoms with Crippen molar-refractivity contribution in [3.8, 4) is 5.75 Å². The van der Waals surface area contributed by atoms with Crippen LogP contribution in [0.1, 0.15) is 25.8 Å². The fourth-order valence-electron chi connectivity index (χ4n) is 2.85. The van der Waals surface area contributed by atoms with Crippen LogP contribution >= 0.6 is 0 Å². The van der Waals surface area contributed by atoms with Gasteiger partial charge in [-0.3, -0.25) is 9.69 Å². The van der Waals surface area contributed by atoms with Crippen molar-refractivity contribution in [1.82, 2.24) is 10.2 Å². The number of ether oxygens (including phenoxy) is 1. The number of hydrogen-bond acceptors (Lipinski definition) is 4. The van der Waals surface area contributed by atoms with Crippen LogP contribution in [0.4, 0.5) is 0 Å². The summed E-state index contributed by atoms with van der Waals surface area (Å²) in [5.74, 6) is 1.09. The first-order valence-electron chi connectivity index (χ1n) is 7.84. The van der Waals surface area contributed by atoms with Crippen LogP contribution < -0.4 is 10.1 Å². The standard InChI is InChI=1S/C17H26N2O3/c1-12(19-8-7-15(11-19)13(2)20)17(21)18-10-14-5-4-6-16(9-14)22-3/h4-6,9,12-13,15,20H,7-8,10-11H2,1-3H3,(H,18,21). The van der Waals surface area contributed by atoms with Crippen LogP contribution in [0.2, 0.25) is 0 Å². The summed E-state index contributed by atoms with van der Waals surface area (Å²) >= 11 is 0. The number of rotatable bonds is 6. The highest BCUT2D eigenvalue weighted by Gasteiger charge is 2.31. The zero-order chi connectivity index (χ0) is 16.1. The summed E-state index contributed by atoms with van der Waals surface area (Å²) in [6.07, 6.45) is 0.641. The molecule has 22 heavy (non-hydrogen) atoms. The van der Waals surface area contributed by atoms with Crippen LogP contribution in [0.5, 0.6) is 5.75 Å². The summed E-state index contributed by atoms with van der Waals surface area (Å²) < 4.78 is 5.18. The maximum absolute atomic E-state index is 12.3. The summed E-state index contributed by atoms with van der Waals surface area (Å²) in [5.41, 5.74) is 1.02. The van der Waals surface area contributed by atoms with Crippen molar-refractivity contribution in [2.24, 2.45) is 5.92 Å². The number of methoxy groups -OCH3 is 1. The molecule has 3 unspecified atom stereocenters. The van der Waals surface area contributed by atoms with Crippen molar-refractivity contribution in [2.45, 2.75) is 39.0 Å². The van der Waals surface area contributed by atoms with E-state index in [1.54, 1.807) is 7.11 Å². The molecule has 0 radical (unpaired) electrons. The van der Waals surface area contributed by atoms with E-state index in [1.165, 1.54) is 0 Å². The van der Waals surface area contributed by atoms with Crippen LogP contribution in [-0.4, -0.2) is 48.3 Å². The number of carbonyl (C=O) groups excluding carboxylic acids is 1. The van der Waals surface area contributed by atoms with Gasteiger partial charge in [-0.15, -0.1) is 0 Å². The number of likely N-dealkylation sites (tertiary alicyclic amines) is 1. The maximum Gasteiger partial charge on any atom is 0.237 e. The first kappa shape index (κ1) is 16.8. The van der Waals surface area contributed by atoms with Gasteiger partial charge in [0.15, 0.2) is 0 Å². The molecule has 0 aromatic heterocycles. The Labute approximate surface area is 132 Å². The smallest absolute Gasteiger partial charge is 0.237 e. The van der Waals surface area contributed by atoms with E-state index < -0.39 is 0 Å². The summed E-state index contributed by atoms with van der Waals surface area (Å²) in [6, 6.07) is 7.51. The Morgan fingerprint density at radius 1 is 1.50 bits per heavy atom. The number of aliphatic hydroxyl groups is 1. The van der Waals surface area contributed by atoms with Crippen molar-refractivity contribution in [2.75, 3.05) is 20.2 Å². The highest BCUT2D eigenvalue weighted by Crippen LogP contribution is 2.21. The lowest BCUT2D eigenvalue weighted by molar-refractivity contribution is -0.125. The molecule has 0 bridgehead atoms. The Balaban J connectivity index is 1.84. The van der Waals surface area contributed by atoms with E-state index in [0.717, 1.165) is 30.8 Å². The van der Waals surface area contributed by atoms with E-state index in [-0.39, 0.29) is 24.0 Å². The fourth-order valence-corrected chi connectivity index (χ4v) is 2.85. The highest BCUT2D eigenvalue weighted by atomic mass is 16.5. The van der Waals surface area contributed by atoms with Crippen molar-refractivity contribution in [1.29, 1.82) is 0 Å². The average Bonchev–Trinajstić information content (AvgIpc) is 3.02. The lowest BCUT2D eigenvalue weighted by Crippen LogP contribution is -2.44. The predicted octanol–water partition coefficient (Wildman–Crippen LogP) is 1.40. The minimum Gasteiger partial charge on any atom is -0.497 e. The Kier molecular flexibility index (Phi) is 5.80. The molecule has 1 aromatic carbocycles. The molecule has 1 amide bonds. The van der Waals surface area contributed by atoms with Gasteiger partial charge in [0.1, 0.15) is 5.75 Å². The van der Waals surface area contributed by atoms with Crippen LogP contribution in [0.3, 0.4) is 0 Å². The van der Waals surface area contributed by atoms with Crippen molar-refractivity contribution < 1.29 is 14.6 Å². The fraction of sp³-hybridized carbons (Fsp3) is 0.588. The molecule has 1 aromatic rings. The SMILES string of the molecule is COc1cccc(CNC(=O)C(C)N2CCC(C(C)O)C2)c1.